The molecule has 0 aliphatic rings. The minimum atomic E-state index is -4.26. The quantitative estimate of drug-likeness (QED) is 0.457. The van der Waals surface area contributed by atoms with Crippen LogP contribution < -0.4 is 10.6 Å². The lowest BCUT2D eigenvalue weighted by Gasteiger charge is -2.10. The van der Waals surface area contributed by atoms with Crippen molar-refractivity contribution in [3.63, 3.8) is 0 Å². The molecule has 0 saturated heterocycles. The standard InChI is InChI=1S/C11H14F3N3O2S/c1-2-15-8-5-9(7-10(6-8)17(18)19)16-3-4-20-11(12,13)14/h5-7,15-16H,2-4H2,1H3. The number of halogens is 3. The number of benzene rings is 1. The van der Waals surface area contributed by atoms with Gasteiger partial charge in [0.05, 0.1) is 4.92 Å². The van der Waals surface area contributed by atoms with E-state index in [1.54, 1.807) is 6.07 Å². The topological polar surface area (TPSA) is 67.2 Å². The molecule has 20 heavy (non-hydrogen) atoms. The van der Waals surface area contributed by atoms with Gasteiger partial charge in [0, 0.05) is 42.3 Å². The highest BCUT2D eigenvalue weighted by Gasteiger charge is 2.27. The zero-order valence-corrected chi connectivity index (χ0v) is 11.5. The molecule has 0 atom stereocenters. The van der Waals surface area contributed by atoms with Gasteiger partial charge >= 0.3 is 5.51 Å². The van der Waals surface area contributed by atoms with Gasteiger partial charge in [0.2, 0.25) is 0 Å². The van der Waals surface area contributed by atoms with Crippen LogP contribution in [-0.2, 0) is 0 Å². The first-order valence-corrected chi connectivity index (χ1v) is 6.78. The molecule has 0 aliphatic carbocycles. The third kappa shape index (κ3) is 6.00. The second-order valence-electron chi connectivity index (χ2n) is 3.78. The number of rotatable bonds is 7. The van der Waals surface area contributed by atoms with Crippen LogP contribution in [0.4, 0.5) is 30.2 Å². The van der Waals surface area contributed by atoms with Crippen molar-refractivity contribution in [1.29, 1.82) is 0 Å². The monoisotopic (exact) mass is 309 g/mol. The summed E-state index contributed by atoms with van der Waals surface area (Å²) in [7, 11) is 0. The fourth-order valence-corrected chi connectivity index (χ4v) is 1.92. The molecule has 0 radical (unpaired) electrons. The predicted octanol–water partition coefficient (Wildman–Crippen LogP) is 3.69. The fourth-order valence-electron chi connectivity index (χ4n) is 1.49. The van der Waals surface area contributed by atoms with E-state index in [1.807, 2.05) is 6.92 Å². The minimum absolute atomic E-state index is 0.0664. The Labute approximate surface area is 118 Å². The van der Waals surface area contributed by atoms with Crippen LogP contribution in [0.2, 0.25) is 0 Å². The summed E-state index contributed by atoms with van der Waals surface area (Å²) < 4.78 is 35.9. The number of nitrogens with one attached hydrogen (secondary N) is 2. The molecule has 5 nitrogen and oxygen atoms in total. The highest BCUT2D eigenvalue weighted by atomic mass is 32.2. The number of hydrogen-bond acceptors (Lipinski definition) is 5. The normalized spacial score (nSPS) is 11.2. The molecule has 0 fully saturated rings. The second kappa shape index (κ2) is 7.22. The van der Waals surface area contributed by atoms with E-state index < -0.39 is 10.4 Å². The van der Waals surface area contributed by atoms with Crippen molar-refractivity contribution in [2.75, 3.05) is 29.5 Å². The van der Waals surface area contributed by atoms with Crippen LogP contribution in [0.3, 0.4) is 0 Å². The van der Waals surface area contributed by atoms with Gasteiger partial charge in [0.1, 0.15) is 0 Å². The number of thioether (sulfide) groups is 1. The summed E-state index contributed by atoms with van der Waals surface area (Å²) in [5.41, 5.74) is -3.42. The number of non-ortho nitro benzene ring substituents is 1. The summed E-state index contributed by atoms with van der Waals surface area (Å²) in [6, 6.07) is 4.28. The molecule has 0 amide bonds. The minimum Gasteiger partial charge on any atom is -0.385 e. The van der Waals surface area contributed by atoms with Crippen molar-refractivity contribution in [3.8, 4) is 0 Å². The maximum Gasteiger partial charge on any atom is 0.441 e. The Morgan fingerprint density at radius 1 is 1.25 bits per heavy atom. The van der Waals surface area contributed by atoms with Gasteiger partial charge in [0.15, 0.2) is 0 Å². The third-order valence-corrected chi connectivity index (χ3v) is 2.94. The van der Waals surface area contributed by atoms with Crippen LogP contribution in [0.15, 0.2) is 18.2 Å². The van der Waals surface area contributed by atoms with E-state index in [0.29, 0.717) is 17.9 Å². The molecule has 0 aliphatic heterocycles. The van der Waals surface area contributed by atoms with Crippen molar-refractivity contribution >= 4 is 28.8 Å². The largest absolute Gasteiger partial charge is 0.441 e. The third-order valence-electron chi connectivity index (χ3n) is 2.21. The molecule has 0 heterocycles. The van der Waals surface area contributed by atoms with E-state index in [-0.39, 0.29) is 29.7 Å². The molecule has 0 bridgehead atoms. The highest BCUT2D eigenvalue weighted by Crippen LogP contribution is 2.30. The zero-order valence-electron chi connectivity index (χ0n) is 10.7. The van der Waals surface area contributed by atoms with Gasteiger partial charge < -0.3 is 10.6 Å². The summed E-state index contributed by atoms with van der Waals surface area (Å²) >= 11 is -0.134. The highest BCUT2D eigenvalue weighted by molar-refractivity contribution is 8.00. The van der Waals surface area contributed by atoms with Gasteiger partial charge in [-0.25, -0.2) is 0 Å². The number of nitro groups is 1. The van der Waals surface area contributed by atoms with Crippen molar-refractivity contribution in [3.05, 3.63) is 28.3 Å². The molecule has 1 aromatic carbocycles. The van der Waals surface area contributed by atoms with Crippen LogP contribution in [0.5, 0.6) is 0 Å². The maximum absolute atomic E-state index is 12.0. The molecule has 1 aromatic rings. The molecule has 2 N–H and O–H groups in total. The average Bonchev–Trinajstić information content (AvgIpc) is 2.33. The first kappa shape index (κ1) is 16.4. The van der Waals surface area contributed by atoms with Gasteiger partial charge in [-0.3, -0.25) is 10.1 Å². The Morgan fingerprint density at radius 3 is 2.35 bits per heavy atom. The first-order valence-electron chi connectivity index (χ1n) is 5.79. The summed E-state index contributed by atoms with van der Waals surface area (Å²) in [6.07, 6.45) is 0. The lowest BCUT2D eigenvalue weighted by Crippen LogP contribution is -2.10. The van der Waals surface area contributed by atoms with Gasteiger partial charge in [0.25, 0.3) is 5.69 Å². The van der Waals surface area contributed by atoms with Crippen LogP contribution >= 0.6 is 11.8 Å². The SMILES string of the molecule is CCNc1cc(NCCSC(F)(F)F)cc([N+](=O)[O-])c1. The Hall–Kier alpha value is -1.64. The van der Waals surface area contributed by atoms with Crippen molar-refractivity contribution in [1.82, 2.24) is 0 Å². The Balaban J connectivity index is 2.66. The first-order chi connectivity index (χ1) is 9.31. The van der Waals surface area contributed by atoms with Gasteiger partial charge in [-0.15, -0.1) is 0 Å². The molecule has 1 rings (SSSR count). The van der Waals surface area contributed by atoms with E-state index >= 15 is 0 Å². The van der Waals surface area contributed by atoms with E-state index in [1.165, 1.54) is 12.1 Å². The summed E-state index contributed by atoms with van der Waals surface area (Å²) in [5.74, 6) is -0.164. The van der Waals surface area contributed by atoms with E-state index in [2.05, 4.69) is 10.6 Å². The molecule has 0 spiro atoms. The predicted molar refractivity (Wildman–Crippen MR) is 74.3 cm³/mol. The number of nitrogens with zero attached hydrogens (tertiary/aromatic N) is 1. The molecule has 0 saturated carbocycles. The number of anilines is 2. The summed E-state index contributed by atoms with van der Waals surface area (Å²) in [5, 5.41) is 16.4. The van der Waals surface area contributed by atoms with Crippen LogP contribution in [0.25, 0.3) is 0 Å². The van der Waals surface area contributed by atoms with E-state index in [4.69, 9.17) is 0 Å². The summed E-state index contributed by atoms with van der Waals surface area (Å²) in [4.78, 5) is 10.2. The lowest BCUT2D eigenvalue weighted by atomic mass is 10.2. The van der Waals surface area contributed by atoms with Gasteiger partial charge in [-0.05, 0) is 24.8 Å². The van der Waals surface area contributed by atoms with E-state index in [9.17, 15) is 23.3 Å². The van der Waals surface area contributed by atoms with Gasteiger partial charge in [-0.1, -0.05) is 0 Å². The lowest BCUT2D eigenvalue weighted by molar-refractivity contribution is -0.384. The Bertz CT molecular complexity index is 469. The van der Waals surface area contributed by atoms with Gasteiger partial charge in [-0.2, -0.15) is 13.2 Å². The summed E-state index contributed by atoms with van der Waals surface area (Å²) in [6.45, 7) is 2.49. The average molecular weight is 309 g/mol. The molecular formula is C11H14F3N3O2S. The van der Waals surface area contributed by atoms with Crippen LogP contribution in [0, 0.1) is 10.1 Å². The Morgan fingerprint density at radius 2 is 1.85 bits per heavy atom. The molecule has 0 unspecified atom stereocenters. The molecule has 112 valence electrons. The maximum atomic E-state index is 12.0. The molecule has 0 aromatic heterocycles. The molecular weight excluding hydrogens is 295 g/mol. The smallest absolute Gasteiger partial charge is 0.385 e. The zero-order chi connectivity index (χ0) is 15.2. The number of nitro benzene ring substituents is 1. The van der Waals surface area contributed by atoms with Crippen LogP contribution in [-0.4, -0.2) is 29.3 Å². The van der Waals surface area contributed by atoms with E-state index in [0.717, 1.165) is 0 Å². The molecule has 9 heteroatoms. The second-order valence-corrected chi connectivity index (χ2v) is 4.94. The van der Waals surface area contributed by atoms with Crippen molar-refractivity contribution in [2.45, 2.75) is 12.4 Å². The number of alkyl halides is 3. The van der Waals surface area contributed by atoms with Crippen LogP contribution in [0.1, 0.15) is 6.92 Å². The fraction of sp³-hybridized carbons (Fsp3) is 0.455. The Kier molecular flexibility index (Phi) is 5.93. The van der Waals surface area contributed by atoms with Crippen molar-refractivity contribution < 1.29 is 18.1 Å². The number of hydrogen-bond donors (Lipinski definition) is 2. The van der Waals surface area contributed by atoms with Crippen molar-refractivity contribution in [2.24, 2.45) is 0 Å².